The van der Waals surface area contributed by atoms with E-state index in [-0.39, 0.29) is 23.5 Å². The molecule has 0 unspecified atom stereocenters. The van der Waals surface area contributed by atoms with Crippen molar-refractivity contribution in [3.8, 4) is 0 Å². The monoisotopic (exact) mass is 341 g/mol. The van der Waals surface area contributed by atoms with Crippen LogP contribution >= 0.6 is 0 Å². The molecule has 0 radical (unpaired) electrons. The molecule has 2 aromatic heterocycles. The van der Waals surface area contributed by atoms with Gasteiger partial charge in [-0.25, -0.2) is 4.98 Å². The SMILES string of the molecule is CC[C@@]1(n2cnc3c(=O)[nH]c(N)nc32)O[C@H](CO)[C@@H](O)[C@]1(O)OC. The van der Waals surface area contributed by atoms with E-state index in [0.29, 0.717) is 0 Å². The van der Waals surface area contributed by atoms with Gasteiger partial charge in [-0.1, -0.05) is 6.92 Å². The zero-order valence-corrected chi connectivity index (χ0v) is 13.1. The lowest BCUT2D eigenvalue weighted by molar-refractivity contribution is -0.313. The van der Waals surface area contributed by atoms with Gasteiger partial charge in [-0.3, -0.25) is 14.3 Å². The highest BCUT2D eigenvalue weighted by Gasteiger charge is 2.67. The number of nitrogens with two attached hydrogens (primary N) is 1. The van der Waals surface area contributed by atoms with Crippen molar-refractivity contribution in [1.82, 2.24) is 19.5 Å². The second-order valence-electron chi connectivity index (χ2n) is 5.56. The van der Waals surface area contributed by atoms with E-state index < -0.39 is 35.9 Å². The fourth-order valence-corrected chi connectivity index (χ4v) is 3.23. The smallest absolute Gasteiger partial charge is 0.280 e. The Morgan fingerprint density at radius 1 is 1.58 bits per heavy atom. The van der Waals surface area contributed by atoms with Gasteiger partial charge in [-0.15, -0.1) is 0 Å². The van der Waals surface area contributed by atoms with Gasteiger partial charge in [0, 0.05) is 7.11 Å². The number of fused-ring (bicyclic) bond motifs is 1. The summed E-state index contributed by atoms with van der Waals surface area (Å²) >= 11 is 0. The minimum atomic E-state index is -2.21. The van der Waals surface area contributed by atoms with Crippen LogP contribution in [0, 0.1) is 0 Å². The average molecular weight is 341 g/mol. The van der Waals surface area contributed by atoms with E-state index in [2.05, 4.69) is 15.0 Å². The number of nitrogens with one attached hydrogen (secondary N) is 1. The first-order valence-electron chi connectivity index (χ1n) is 7.32. The lowest BCUT2D eigenvalue weighted by Crippen LogP contribution is -2.58. The van der Waals surface area contributed by atoms with Crippen LogP contribution in [0.25, 0.3) is 11.2 Å². The van der Waals surface area contributed by atoms with Crippen molar-refractivity contribution in [2.75, 3.05) is 19.5 Å². The number of aromatic nitrogens is 4. The number of hydrogen-bond acceptors (Lipinski definition) is 9. The predicted molar refractivity (Wildman–Crippen MR) is 80.8 cm³/mol. The fourth-order valence-electron chi connectivity index (χ4n) is 3.23. The number of aliphatic hydroxyl groups excluding tert-OH is 2. The molecule has 0 amide bonds. The summed E-state index contributed by atoms with van der Waals surface area (Å²) in [7, 11) is 1.20. The molecule has 0 spiro atoms. The van der Waals surface area contributed by atoms with Gasteiger partial charge in [0.1, 0.15) is 12.2 Å². The lowest BCUT2D eigenvalue weighted by Gasteiger charge is -2.40. The van der Waals surface area contributed by atoms with Crippen LogP contribution in [0.5, 0.6) is 0 Å². The predicted octanol–water partition coefficient (Wildman–Crippen LogP) is -2.15. The summed E-state index contributed by atoms with van der Waals surface area (Å²) in [6.45, 7) is 1.14. The van der Waals surface area contributed by atoms with Crippen LogP contribution in [-0.2, 0) is 15.2 Å². The third kappa shape index (κ3) is 1.93. The van der Waals surface area contributed by atoms with Crippen molar-refractivity contribution in [2.45, 2.75) is 37.1 Å². The maximum atomic E-state index is 12.0. The Morgan fingerprint density at radius 2 is 2.29 bits per heavy atom. The molecule has 0 bridgehead atoms. The first-order valence-corrected chi connectivity index (χ1v) is 7.32. The molecule has 0 aliphatic carbocycles. The van der Waals surface area contributed by atoms with E-state index in [9.17, 15) is 20.1 Å². The molecule has 3 rings (SSSR count). The Hall–Kier alpha value is -2.05. The summed E-state index contributed by atoms with van der Waals surface area (Å²) in [4.78, 5) is 22.3. The molecule has 1 saturated heterocycles. The van der Waals surface area contributed by atoms with Crippen LogP contribution in [0.1, 0.15) is 13.3 Å². The number of nitrogen functional groups attached to an aromatic ring is 1. The van der Waals surface area contributed by atoms with Gasteiger partial charge in [0.05, 0.1) is 12.9 Å². The van der Waals surface area contributed by atoms with E-state index in [1.54, 1.807) is 6.92 Å². The Balaban J connectivity index is 2.30. The lowest BCUT2D eigenvalue weighted by atomic mass is 9.95. The summed E-state index contributed by atoms with van der Waals surface area (Å²) in [5, 5.41) is 30.7. The molecule has 6 N–H and O–H groups in total. The molecular formula is C13H19N5O6. The summed E-state index contributed by atoms with van der Waals surface area (Å²) < 4.78 is 12.2. The van der Waals surface area contributed by atoms with E-state index in [0.717, 1.165) is 0 Å². The van der Waals surface area contributed by atoms with Crippen LogP contribution in [0.3, 0.4) is 0 Å². The number of anilines is 1. The Kier molecular flexibility index (Phi) is 3.85. The van der Waals surface area contributed by atoms with Crippen LogP contribution in [0.2, 0.25) is 0 Å². The zero-order chi connectivity index (χ0) is 17.7. The number of hydrogen-bond donors (Lipinski definition) is 5. The van der Waals surface area contributed by atoms with Crippen molar-refractivity contribution in [2.24, 2.45) is 0 Å². The molecule has 24 heavy (non-hydrogen) atoms. The minimum absolute atomic E-state index is 0.0129. The topological polar surface area (TPSA) is 169 Å². The van der Waals surface area contributed by atoms with Gasteiger partial charge in [0.25, 0.3) is 5.56 Å². The molecule has 11 heteroatoms. The molecule has 1 aliphatic rings. The highest BCUT2D eigenvalue weighted by atomic mass is 16.7. The first kappa shape index (κ1) is 16.8. The third-order valence-corrected chi connectivity index (χ3v) is 4.44. The van der Waals surface area contributed by atoms with Gasteiger partial charge in [-0.2, -0.15) is 4.98 Å². The highest BCUT2D eigenvalue weighted by Crippen LogP contribution is 2.47. The summed E-state index contributed by atoms with van der Waals surface area (Å²) in [6.07, 6.45) is -1.28. The zero-order valence-electron chi connectivity index (χ0n) is 13.1. The number of aliphatic hydroxyl groups is 3. The molecule has 132 valence electrons. The highest BCUT2D eigenvalue weighted by molar-refractivity contribution is 5.71. The number of aromatic amines is 1. The quantitative estimate of drug-likeness (QED) is 0.389. The Labute approximate surface area is 135 Å². The minimum Gasteiger partial charge on any atom is -0.394 e. The maximum Gasteiger partial charge on any atom is 0.280 e. The van der Waals surface area contributed by atoms with Crippen molar-refractivity contribution in [3.05, 3.63) is 16.7 Å². The molecule has 0 aromatic carbocycles. The molecule has 0 saturated carbocycles. The summed E-state index contributed by atoms with van der Waals surface area (Å²) in [5.74, 6) is -2.35. The average Bonchev–Trinajstić information content (AvgIpc) is 3.07. The van der Waals surface area contributed by atoms with Gasteiger partial charge >= 0.3 is 0 Å². The van der Waals surface area contributed by atoms with Gasteiger partial charge in [0.2, 0.25) is 17.5 Å². The van der Waals surface area contributed by atoms with Gasteiger partial charge in [0.15, 0.2) is 11.2 Å². The first-order chi connectivity index (χ1) is 11.3. The number of rotatable bonds is 4. The van der Waals surface area contributed by atoms with Crippen LogP contribution in [0.15, 0.2) is 11.1 Å². The largest absolute Gasteiger partial charge is 0.394 e. The number of H-pyrrole nitrogens is 1. The Bertz CT molecular complexity index is 821. The van der Waals surface area contributed by atoms with E-state index >= 15 is 0 Å². The van der Waals surface area contributed by atoms with E-state index in [1.807, 2.05) is 0 Å². The van der Waals surface area contributed by atoms with E-state index in [4.69, 9.17) is 15.2 Å². The second kappa shape index (κ2) is 5.50. The molecule has 1 fully saturated rings. The molecular weight excluding hydrogens is 322 g/mol. The van der Waals surface area contributed by atoms with Crippen molar-refractivity contribution in [3.63, 3.8) is 0 Å². The second-order valence-corrected chi connectivity index (χ2v) is 5.56. The van der Waals surface area contributed by atoms with E-state index in [1.165, 1.54) is 18.0 Å². The molecule has 11 nitrogen and oxygen atoms in total. The van der Waals surface area contributed by atoms with Gasteiger partial charge < -0.3 is 30.5 Å². The summed E-state index contributed by atoms with van der Waals surface area (Å²) in [5.41, 5.74) is 3.40. The van der Waals surface area contributed by atoms with Gasteiger partial charge in [-0.05, 0) is 6.42 Å². The third-order valence-electron chi connectivity index (χ3n) is 4.44. The number of methoxy groups -OCH3 is 1. The maximum absolute atomic E-state index is 12.0. The number of ether oxygens (including phenoxy) is 2. The molecule has 1 aliphatic heterocycles. The van der Waals surface area contributed by atoms with Crippen LogP contribution in [-0.4, -0.2) is 66.6 Å². The van der Waals surface area contributed by atoms with Crippen molar-refractivity contribution >= 4 is 17.1 Å². The van der Waals surface area contributed by atoms with Crippen LogP contribution in [0.4, 0.5) is 5.95 Å². The summed E-state index contributed by atoms with van der Waals surface area (Å²) in [6, 6.07) is 0. The standard InChI is InChI=1S/C13H19N5O6/c1-3-12(13(22,23-2)8(20)6(4-19)24-12)18-5-15-7-9(18)16-11(14)17-10(7)21/h5-6,8,19-20,22H,3-4H2,1-2H3,(H3,14,16,17,21)/t6-,8-,12-,13+/m1/s1. The molecule has 3 heterocycles. The molecule has 2 aromatic rings. The molecule has 4 atom stereocenters. The fraction of sp³-hybridized carbons (Fsp3) is 0.615. The normalized spacial score (nSPS) is 33.4. The Morgan fingerprint density at radius 3 is 2.88 bits per heavy atom. The number of imidazole rings is 1. The number of nitrogens with zero attached hydrogens (tertiary/aromatic N) is 3. The van der Waals surface area contributed by atoms with Crippen molar-refractivity contribution in [1.29, 1.82) is 0 Å². The van der Waals surface area contributed by atoms with Crippen LogP contribution < -0.4 is 11.3 Å². The van der Waals surface area contributed by atoms with Crippen molar-refractivity contribution < 1.29 is 24.8 Å².